The van der Waals surface area contributed by atoms with Gasteiger partial charge in [-0.3, -0.25) is 14.9 Å². The monoisotopic (exact) mass is 373 g/mol. The Bertz CT molecular complexity index is 807. The van der Waals surface area contributed by atoms with Gasteiger partial charge in [0.2, 0.25) is 0 Å². The highest BCUT2D eigenvalue weighted by Crippen LogP contribution is 2.15. The molecule has 2 N–H and O–H groups in total. The van der Waals surface area contributed by atoms with Crippen molar-refractivity contribution in [2.45, 2.75) is 0 Å². The molecular weight excluding hydrogens is 354 g/mol. The minimum atomic E-state index is -0.618. The molecule has 0 aliphatic carbocycles. The van der Waals surface area contributed by atoms with Crippen molar-refractivity contribution < 1.29 is 24.0 Å². The summed E-state index contributed by atoms with van der Waals surface area (Å²) in [5, 5.41) is 16.2. The molecule has 27 heavy (non-hydrogen) atoms. The van der Waals surface area contributed by atoms with Crippen LogP contribution in [0.4, 0.5) is 11.4 Å². The number of non-ortho nitro benzene ring substituents is 1. The fourth-order valence-electron chi connectivity index (χ4n) is 2.13. The summed E-state index contributed by atoms with van der Waals surface area (Å²) in [4.78, 5) is 33.7. The zero-order valence-electron chi connectivity index (χ0n) is 14.6. The number of rotatable bonds is 9. The third-order valence-electron chi connectivity index (χ3n) is 3.49. The summed E-state index contributed by atoms with van der Waals surface area (Å²) >= 11 is 0. The van der Waals surface area contributed by atoms with Crippen LogP contribution in [0.2, 0.25) is 0 Å². The number of ether oxygens (including phenoxy) is 2. The highest BCUT2D eigenvalue weighted by Gasteiger charge is 2.10. The average molecular weight is 373 g/mol. The van der Waals surface area contributed by atoms with Crippen molar-refractivity contribution >= 4 is 23.3 Å². The number of nitro benzene ring substituents is 1. The van der Waals surface area contributed by atoms with Crippen molar-refractivity contribution in [3.8, 4) is 5.75 Å². The molecule has 0 aliphatic heterocycles. The number of esters is 1. The zero-order valence-corrected chi connectivity index (χ0v) is 14.6. The van der Waals surface area contributed by atoms with Gasteiger partial charge in [0.15, 0.2) is 6.61 Å². The molecule has 0 aromatic heterocycles. The number of nitro groups is 1. The zero-order chi connectivity index (χ0) is 19.6. The predicted molar refractivity (Wildman–Crippen MR) is 97.9 cm³/mol. The van der Waals surface area contributed by atoms with E-state index in [0.717, 1.165) is 0 Å². The predicted octanol–water partition coefficient (Wildman–Crippen LogP) is 1.99. The lowest BCUT2D eigenvalue weighted by atomic mass is 10.2. The quantitative estimate of drug-likeness (QED) is 0.298. The second-order valence-electron chi connectivity index (χ2n) is 5.39. The van der Waals surface area contributed by atoms with Gasteiger partial charge in [0, 0.05) is 30.9 Å². The lowest BCUT2D eigenvalue weighted by Gasteiger charge is -2.09. The Morgan fingerprint density at radius 1 is 1.11 bits per heavy atom. The third-order valence-corrected chi connectivity index (χ3v) is 3.49. The molecule has 0 atom stereocenters. The largest absolute Gasteiger partial charge is 0.497 e. The van der Waals surface area contributed by atoms with Gasteiger partial charge in [0.05, 0.1) is 17.6 Å². The van der Waals surface area contributed by atoms with E-state index in [1.165, 1.54) is 25.3 Å². The molecule has 0 heterocycles. The molecule has 1 amide bonds. The molecule has 0 unspecified atom stereocenters. The third kappa shape index (κ3) is 6.31. The molecule has 2 rings (SSSR count). The number of carbonyl (C=O) groups is 2. The van der Waals surface area contributed by atoms with Crippen LogP contribution in [-0.2, 0) is 9.53 Å². The van der Waals surface area contributed by atoms with Crippen molar-refractivity contribution in [1.29, 1.82) is 0 Å². The molecule has 2 aromatic carbocycles. The van der Waals surface area contributed by atoms with Crippen molar-refractivity contribution in [3.05, 3.63) is 64.2 Å². The van der Waals surface area contributed by atoms with Gasteiger partial charge in [0.25, 0.3) is 11.6 Å². The van der Waals surface area contributed by atoms with Gasteiger partial charge in [-0.05, 0) is 30.3 Å². The standard InChI is InChI=1S/C18H19N3O6/c1-26-16-4-2-3-13(11-16)18(23)27-12-17(22)20-10-9-19-14-5-7-15(8-6-14)21(24)25/h2-8,11,19H,9-10,12H2,1H3,(H,20,22). The molecule has 0 aliphatic rings. The maximum Gasteiger partial charge on any atom is 0.338 e. The first-order chi connectivity index (χ1) is 13.0. The van der Waals surface area contributed by atoms with Gasteiger partial charge in [-0.25, -0.2) is 4.79 Å². The summed E-state index contributed by atoms with van der Waals surface area (Å²) in [5.41, 5.74) is 0.994. The SMILES string of the molecule is COc1cccc(C(=O)OCC(=O)NCCNc2ccc([N+](=O)[O-])cc2)c1. The van der Waals surface area contributed by atoms with Gasteiger partial charge in [-0.1, -0.05) is 6.07 Å². The highest BCUT2D eigenvalue weighted by molar-refractivity contribution is 5.91. The van der Waals surface area contributed by atoms with E-state index in [1.54, 1.807) is 30.3 Å². The van der Waals surface area contributed by atoms with Gasteiger partial charge in [-0.15, -0.1) is 0 Å². The van der Waals surface area contributed by atoms with Crippen LogP contribution in [0.1, 0.15) is 10.4 Å². The van der Waals surface area contributed by atoms with Crippen LogP contribution in [0, 0.1) is 10.1 Å². The summed E-state index contributed by atoms with van der Waals surface area (Å²) in [7, 11) is 1.49. The number of benzene rings is 2. The second-order valence-corrected chi connectivity index (χ2v) is 5.39. The van der Waals surface area contributed by atoms with Gasteiger partial charge in [0.1, 0.15) is 5.75 Å². The molecule has 0 saturated carbocycles. The number of carbonyl (C=O) groups excluding carboxylic acids is 2. The molecule has 0 radical (unpaired) electrons. The molecule has 0 spiro atoms. The molecule has 142 valence electrons. The van der Waals surface area contributed by atoms with Crippen molar-refractivity contribution in [1.82, 2.24) is 5.32 Å². The first-order valence-electron chi connectivity index (χ1n) is 8.06. The number of anilines is 1. The van der Waals surface area contributed by atoms with E-state index in [9.17, 15) is 19.7 Å². The first-order valence-corrected chi connectivity index (χ1v) is 8.06. The topological polar surface area (TPSA) is 120 Å². The lowest BCUT2D eigenvalue weighted by Crippen LogP contribution is -2.32. The fraction of sp³-hybridized carbons (Fsp3) is 0.222. The maximum absolute atomic E-state index is 11.9. The van der Waals surface area contributed by atoms with Crippen LogP contribution >= 0.6 is 0 Å². The Morgan fingerprint density at radius 3 is 2.52 bits per heavy atom. The number of methoxy groups -OCH3 is 1. The Balaban J connectivity index is 1.67. The number of hydrogen-bond acceptors (Lipinski definition) is 7. The van der Waals surface area contributed by atoms with Crippen LogP contribution in [0.5, 0.6) is 5.75 Å². The van der Waals surface area contributed by atoms with Crippen LogP contribution in [0.15, 0.2) is 48.5 Å². The van der Waals surface area contributed by atoms with Crippen LogP contribution < -0.4 is 15.4 Å². The molecule has 0 saturated heterocycles. The minimum absolute atomic E-state index is 0.00621. The van der Waals surface area contributed by atoms with E-state index in [1.807, 2.05) is 0 Å². The van der Waals surface area contributed by atoms with E-state index in [0.29, 0.717) is 30.1 Å². The van der Waals surface area contributed by atoms with Gasteiger partial charge >= 0.3 is 5.97 Å². The van der Waals surface area contributed by atoms with E-state index in [-0.39, 0.29) is 5.69 Å². The number of amides is 1. The summed E-state index contributed by atoms with van der Waals surface area (Å²) in [5.74, 6) is -0.531. The Morgan fingerprint density at radius 2 is 1.85 bits per heavy atom. The Kier molecular flexibility index (Phi) is 7.12. The summed E-state index contributed by atoms with van der Waals surface area (Å²) in [6.45, 7) is 0.313. The van der Waals surface area contributed by atoms with E-state index in [2.05, 4.69) is 10.6 Å². The Labute approximate surface area is 155 Å². The number of nitrogens with one attached hydrogen (secondary N) is 2. The summed E-state index contributed by atoms with van der Waals surface area (Å²) in [6, 6.07) is 12.4. The second kappa shape index (κ2) is 9.76. The maximum atomic E-state index is 11.9. The highest BCUT2D eigenvalue weighted by atomic mass is 16.6. The van der Waals surface area contributed by atoms with Crippen LogP contribution in [0.3, 0.4) is 0 Å². The molecule has 9 nitrogen and oxygen atoms in total. The Hall–Kier alpha value is -3.62. The molecule has 0 bridgehead atoms. The number of nitrogens with zero attached hydrogens (tertiary/aromatic N) is 1. The van der Waals surface area contributed by atoms with Crippen molar-refractivity contribution in [3.63, 3.8) is 0 Å². The normalized spacial score (nSPS) is 9.96. The average Bonchev–Trinajstić information content (AvgIpc) is 2.69. The van der Waals surface area contributed by atoms with Gasteiger partial charge in [-0.2, -0.15) is 0 Å². The lowest BCUT2D eigenvalue weighted by molar-refractivity contribution is -0.384. The molecule has 2 aromatic rings. The van der Waals surface area contributed by atoms with Crippen LogP contribution in [-0.4, -0.2) is 43.6 Å². The summed E-state index contributed by atoms with van der Waals surface area (Å²) in [6.07, 6.45) is 0. The van der Waals surface area contributed by atoms with E-state index < -0.39 is 23.4 Å². The number of hydrogen-bond donors (Lipinski definition) is 2. The van der Waals surface area contributed by atoms with E-state index >= 15 is 0 Å². The molecule has 9 heteroatoms. The molecule has 0 fully saturated rings. The summed E-state index contributed by atoms with van der Waals surface area (Å²) < 4.78 is 9.97. The van der Waals surface area contributed by atoms with Gasteiger partial charge < -0.3 is 20.1 Å². The molecular formula is C18H19N3O6. The smallest absolute Gasteiger partial charge is 0.338 e. The fourth-order valence-corrected chi connectivity index (χ4v) is 2.13. The minimum Gasteiger partial charge on any atom is -0.497 e. The van der Waals surface area contributed by atoms with E-state index in [4.69, 9.17) is 9.47 Å². The van der Waals surface area contributed by atoms with Crippen molar-refractivity contribution in [2.75, 3.05) is 32.1 Å². The van der Waals surface area contributed by atoms with Crippen molar-refractivity contribution in [2.24, 2.45) is 0 Å². The first kappa shape index (κ1) is 19.7. The van der Waals surface area contributed by atoms with Crippen LogP contribution in [0.25, 0.3) is 0 Å².